The van der Waals surface area contributed by atoms with Crippen molar-refractivity contribution >= 4 is 23.2 Å². The van der Waals surface area contributed by atoms with Crippen LogP contribution < -0.4 is 0 Å². The summed E-state index contributed by atoms with van der Waals surface area (Å²) in [5, 5.41) is 11.4. The van der Waals surface area contributed by atoms with E-state index >= 15 is 0 Å². The maximum atomic E-state index is 12.5. The van der Waals surface area contributed by atoms with Crippen molar-refractivity contribution in [3.63, 3.8) is 0 Å². The average Bonchev–Trinajstić information content (AvgIpc) is 2.47. The lowest BCUT2D eigenvalue weighted by Crippen LogP contribution is -2.48. The molecule has 1 aromatic carbocycles. The molecule has 1 heterocycles. The number of benzene rings is 1. The van der Waals surface area contributed by atoms with Gasteiger partial charge in [0.15, 0.2) is 0 Å². The van der Waals surface area contributed by atoms with Gasteiger partial charge in [-0.15, -0.1) is 0 Å². The first-order valence-corrected chi connectivity index (χ1v) is 7.36. The predicted octanol–water partition coefficient (Wildman–Crippen LogP) is 2.42. The molecule has 0 aromatic heterocycles. The summed E-state index contributed by atoms with van der Waals surface area (Å²) in [6.45, 7) is 5.90. The molecule has 1 saturated heterocycles. The summed E-state index contributed by atoms with van der Waals surface area (Å²) in [7, 11) is 0. The molecule has 114 valence electrons. The van der Waals surface area contributed by atoms with Gasteiger partial charge in [-0.25, -0.2) is 0 Å². The number of hydrogen-bond donors (Lipinski definition) is 0. The number of rotatable bonds is 4. The number of halogens is 1. The van der Waals surface area contributed by atoms with Crippen molar-refractivity contribution in [2.75, 3.05) is 32.7 Å². The van der Waals surface area contributed by atoms with E-state index in [-0.39, 0.29) is 17.2 Å². The van der Waals surface area contributed by atoms with Crippen LogP contribution in [-0.2, 0) is 0 Å². The quantitative estimate of drug-likeness (QED) is 0.632. The van der Waals surface area contributed by atoms with E-state index in [4.69, 9.17) is 11.6 Å². The molecule has 0 saturated carbocycles. The van der Waals surface area contributed by atoms with E-state index in [0.717, 1.165) is 26.1 Å². The number of carbonyl (C=O) groups is 1. The zero-order chi connectivity index (χ0) is 15.4. The summed E-state index contributed by atoms with van der Waals surface area (Å²) in [4.78, 5) is 26.9. The Balaban J connectivity index is 2.14. The summed E-state index contributed by atoms with van der Waals surface area (Å²) in [6, 6.07) is 4.08. The molecule has 0 aliphatic carbocycles. The number of nitrogens with zero attached hydrogens (tertiary/aromatic N) is 3. The Hall–Kier alpha value is -1.66. The van der Waals surface area contributed by atoms with Crippen LogP contribution in [0.3, 0.4) is 0 Å². The lowest BCUT2D eigenvalue weighted by molar-refractivity contribution is -0.385. The first kappa shape index (κ1) is 15.7. The fraction of sp³-hybridized carbons (Fsp3) is 0.500. The van der Waals surface area contributed by atoms with Crippen molar-refractivity contribution in [2.24, 2.45) is 0 Å². The number of carbonyl (C=O) groups excluding carboxylic acids is 1. The highest BCUT2D eigenvalue weighted by Gasteiger charge is 2.27. The monoisotopic (exact) mass is 311 g/mol. The van der Waals surface area contributed by atoms with E-state index in [1.165, 1.54) is 18.2 Å². The van der Waals surface area contributed by atoms with Crippen molar-refractivity contribution in [3.05, 3.63) is 38.9 Å². The van der Waals surface area contributed by atoms with Crippen LogP contribution in [0.5, 0.6) is 0 Å². The first-order valence-electron chi connectivity index (χ1n) is 6.98. The Labute approximate surface area is 128 Å². The van der Waals surface area contributed by atoms with Gasteiger partial charge in [0.05, 0.1) is 4.92 Å². The van der Waals surface area contributed by atoms with Gasteiger partial charge >= 0.3 is 0 Å². The maximum Gasteiger partial charge on any atom is 0.282 e. The lowest BCUT2D eigenvalue weighted by Gasteiger charge is -2.34. The third-order valence-corrected chi connectivity index (χ3v) is 3.82. The van der Waals surface area contributed by atoms with Crippen molar-refractivity contribution in [1.82, 2.24) is 9.80 Å². The van der Waals surface area contributed by atoms with Gasteiger partial charge in [-0.1, -0.05) is 18.5 Å². The minimum atomic E-state index is -0.545. The number of hydrogen-bond acceptors (Lipinski definition) is 4. The number of piperazine rings is 1. The highest BCUT2D eigenvalue weighted by molar-refractivity contribution is 6.31. The minimum absolute atomic E-state index is 0.0661. The highest BCUT2D eigenvalue weighted by Crippen LogP contribution is 2.24. The fourth-order valence-corrected chi connectivity index (χ4v) is 2.67. The Bertz CT molecular complexity index is 542. The van der Waals surface area contributed by atoms with Crippen LogP contribution in [0, 0.1) is 10.1 Å². The van der Waals surface area contributed by atoms with Gasteiger partial charge in [0.1, 0.15) is 5.56 Å². The van der Waals surface area contributed by atoms with E-state index in [1.54, 1.807) is 4.90 Å². The van der Waals surface area contributed by atoms with Gasteiger partial charge in [-0.2, -0.15) is 0 Å². The number of nitro groups is 1. The number of nitro benzene ring substituents is 1. The van der Waals surface area contributed by atoms with Crippen LogP contribution in [0.15, 0.2) is 18.2 Å². The minimum Gasteiger partial charge on any atom is -0.336 e. The molecule has 1 aromatic rings. The summed E-state index contributed by atoms with van der Waals surface area (Å²) in [5.74, 6) is -0.319. The molecule has 1 aliphatic heterocycles. The van der Waals surface area contributed by atoms with Gasteiger partial charge < -0.3 is 4.90 Å². The van der Waals surface area contributed by atoms with E-state index in [1.807, 2.05) is 0 Å². The van der Waals surface area contributed by atoms with Crippen LogP contribution >= 0.6 is 11.6 Å². The summed E-state index contributed by atoms with van der Waals surface area (Å²) in [6.07, 6.45) is 1.08. The van der Waals surface area contributed by atoms with Crippen LogP contribution in [0.1, 0.15) is 23.7 Å². The second-order valence-electron chi connectivity index (χ2n) is 5.05. The van der Waals surface area contributed by atoms with Crippen LogP contribution in [0.4, 0.5) is 5.69 Å². The van der Waals surface area contributed by atoms with E-state index in [9.17, 15) is 14.9 Å². The maximum absolute atomic E-state index is 12.5. The molecule has 7 heteroatoms. The van der Waals surface area contributed by atoms with Crippen LogP contribution in [0.2, 0.25) is 5.02 Å². The molecule has 1 amide bonds. The van der Waals surface area contributed by atoms with Gasteiger partial charge in [-0.3, -0.25) is 19.8 Å². The zero-order valence-corrected chi connectivity index (χ0v) is 12.7. The summed E-state index contributed by atoms with van der Waals surface area (Å²) in [5.41, 5.74) is -0.128. The molecule has 0 bridgehead atoms. The normalized spacial score (nSPS) is 16.0. The topological polar surface area (TPSA) is 66.7 Å². The lowest BCUT2D eigenvalue weighted by atomic mass is 10.1. The molecular weight excluding hydrogens is 294 g/mol. The standard InChI is InChI=1S/C14H18ClN3O3/c1-2-5-16-6-8-17(9-7-16)14(19)12-10-11(15)3-4-13(12)18(20)21/h3-4,10H,2,5-9H2,1H3. The van der Waals surface area contributed by atoms with Gasteiger partial charge in [0.2, 0.25) is 0 Å². The smallest absolute Gasteiger partial charge is 0.282 e. The van der Waals surface area contributed by atoms with E-state index in [2.05, 4.69) is 11.8 Å². The molecule has 1 fully saturated rings. The first-order chi connectivity index (χ1) is 10.0. The van der Waals surface area contributed by atoms with Gasteiger partial charge in [-0.05, 0) is 25.1 Å². The van der Waals surface area contributed by atoms with Crippen LogP contribution in [0.25, 0.3) is 0 Å². The molecular formula is C14H18ClN3O3. The Morgan fingerprint density at radius 3 is 2.57 bits per heavy atom. The molecule has 0 spiro atoms. The van der Waals surface area contributed by atoms with Gasteiger partial charge in [0, 0.05) is 37.3 Å². The third-order valence-electron chi connectivity index (χ3n) is 3.59. The van der Waals surface area contributed by atoms with Crippen LogP contribution in [-0.4, -0.2) is 53.4 Å². The third kappa shape index (κ3) is 3.71. The second-order valence-corrected chi connectivity index (χ2v) is 5.49. The Morgan fingerprint density at radius 2 is 2.00 bits per heavy atom. The molecule has 0 atom stereocenters. The van der Waals surface area contributed by atoms with E-state index < -0.39 is 4.92 Å². The average molecular weight is 312 g/mol. The zero-order valence-electron chi connectivity index (χ0n) is 11.9. The SMILES string of the molecule is CCCN1CCN(C(=O)c2cc(Cl)ccc2[N+](=O)[O-])CC1. The molecule has 1 aliphatic rings. The molecule has 0 unspecified atom stereocenters. The van der Waals surface area contributed by atoms with Crippen molar-refractivity contribution in [1.29, 1.82) is 0 Å². The predicted molar refractivity (Wildman–Crippen MR) is 80.7 cm³/mol. The molecule has 0 N–H and O–H groups in total. The molecule has 21 heavy (non-hydrogen) atoms. The molecule has 0 radical (unpaired) electrons. The van der Waals surface area contributed by atoms with E-state index in [0.29, 0.717) is 18.1 Å². The fourth-order valence-electron chi connectivity index (χ4n) is 2.50. The second kappa shape index (κ2) is 6.87. The molecule has 2 rings (SSSR count). The largest absolute Gasteiger partial charge is 0.336 e. The Kier molecular flexibility index (Phi) is 5.14. The molecule has 6 nitrogen and oxygen atoms in total. The van der Waals surface area contributed by atoms with Crippen molar-refractivity contribution < 1.29 is 9.72 Å². The Morgan fingerprint density at radius 1 is 1.33 bits per heavy atom. The highest BCUT2D eigenvalue weighted by atomic mass is 35.5. The van der Waals surface area contributed by atoms with Gasteiger partial charge in [0.25, 0.3) is 11.6 Å². The summed E-state index contributed by atoms with van der Waals surface area (Å²) >= 11 is 5.87. The number of amides is 1. The summed E-state index contributed by atoms with van der Waals surface area (Å²) < 4.78 is 0. The van der Waals surface area contributed by atoms with Crippen molar-refractivity contribution in [2.45, 2.75) is 13.3 Å². The van der Waals surface area contributed by atoms with Crippen molar-refractivity contribution in [3.8, 4) is 0 Å².